The van der Waals surface area contributed by atoms with E-state index < -0.39 is 0 Å². The Kier molecular flexibility index (Phi) is 7.52. The van der Waals surface area contributed by atoms with E-state index in [4.69, 9.17) is 44.5 Å². The quantitative estimate of drug-likeness (QED) is 0.218. The zero-order valence-electron chi connectivity index (χ0n) is 21.3. The SMILES string of the molecule is O=C(COc1ccc(Cl)cc1Cl)N1CCN(c2ncnc3c2c(-c2ccccc2)cn3-c2ccccc2Cl)CC1. The average Bonchev–Trinajstić information content (AvgIpc) is 3.37. The molecule has 6 rings (SSSR count). The van der Waals surface area contributed by atoms with Gasteiger partial charge in [-0.1, -0.05) is 77.3 Å². The van der Waals surface area contributed by atoms with Gasteiger partial charge in [0.25, 0.3) is 5.91 Å². The molecule has 2 aromatic heterocycles. The number of rotatable bonds is 6. The molecule has 0 atom stereocenters. The molecular formula is C30H24Cl3N5O2. The lowest BCUT2D eigenvalue weighted by molar-refractivity contribution is -0.133. The second kappa shape index (κ2) is 11.4. The van der Waals surface area contributed by atoms with Crippen molar-refractivity contribution >= 4 is 57.6 Å². The van der Waals surface area contributed by atoms with Crippen molar-refractivity contribution in [1.29, 1.82) is 0 Å². The number of ether oxygens (including phenoxy) is 1. The summed E-state index contributed by atoms with van der Waals surface area (Å²) in [5.41, 5.74) is 3.68. The molecule has 1 aliphatic rings. The number of benzene rings is 3. The Morgan fingerprint density at radius 3 is 2.35 bits per heavy atom. The Morgan fingerprint density at radius 1 is 0.850 bits per heavy atom. The summed E-state index contributed by atoms with van der Waals surface area (Å²) in [7, 11) is 0. The van der Waals surface area contributed by atoms with Crippen molar-refractivity contribution in [2.24, 2.45) is 0 Å². The summed E-state index contributed by atoms with van der Waals surface area (Å²) >= 11 is 18.7. The normalized spacial score (nSPS) is 13.6. The van der Waals surface area contributed by atoms with Gasteiger partial charge in [-0.15, -0.1) is 0 Å². The van der Waals surface area contributed by atoms with Gasteiger partial charge in [-0.05, 0) is 35.9 Å². The number of nitrogens with zero attached hydrogens (tertiary/aromatic N) is 5. The zero-order chi connectivity index (χ0) is 27.6. The molecule has 1 amide bonds. The Hall–Kier alpha value is -3.78. The summed E-state index contributed by atoms with van der Waals surface area (Å²) in [6.45, 7) is 2.20. The lowest BCUT2D eigenvalue weighted by Crippen LogP contribution is -2.50. The van der Waals surface area contributed by atoms with Crippen LogP contribution in [0.2, 0.25) is 15.1 Å². The van der Waals surface area contributed by atoms with Crippen LogP contribution >= 0.6 is 34.8 Å². The highest BCUT2D eigenvalue weighted by Gasteiger charge is 2.26. The van der Waals surface area contributed by atoms with Gasteiger partial charge in [0, 0.05) is 43.0 Å². The number of hydrogen-bond acceptors (Lipinski definition) is 5. The van der Waals surface area contributed by atoms with Crippen LogP contribution in [0, 0.1) is 0 Å². The van der Waals surface area contributed by atoms with Gasteiger partial charge in [0.2, 0.25) is 0 Å². The van der Waals surface area contributed by atoms with E-state index in [2.05, 4.69) is 28.2 Å². The van der Waals surface area contributed by atoms with Crippen molar-refractivity contribution in [2.45, 2.75) is 0 Å². The molecule has 3 aromatic carbocycles. The van der Waals surface area contributed by atoms with Crippen LogP contribution in [0.25, 0.3) is 27.8 Å². The number of para-hydroxylation sites is 1. The van der Waals surface area contributed by atoms with Gasteiger partial charge >= 0.3 is 0 Å². The fourth-order valence-electron chi connectivity index (χ4n) is 4.94. The molecule has 0 aliphatic carbocycles. The number of amides is 1. The van der Waals surface area contributed by atoms with Crippen LogP contribution in [0.15, 0.2) is 85.3 Å². The van der Waals surface area contributed by atoms with E-state index in [9.17, 15) is 4.79 Å². The summed E-state index contributed by atoms with van der Waals surface area (Å²) in [4.78, 5) is 26.3. The number of fused-ring (bicyclic) bond motifs is 1. The molecule has 1 saturated heterocycles. The minimum Gasteiger partial charge on any atom is -0.482 e. The zero-order valence-corrected chi connectivity index (χ0v) is 23.6. The largest absolute Gasteiger partial charge is 0.482 e. The molecule has 40 heavy (non-hydrogen) atoms. The summed E-state index contributed by atoms with van der Waals surface area (Å²) in [5, 5.41) is 2.45. The number of hydrogen-bond donors (Lipinski definition) is 0. The van der Waals surface area contributed by atoms with Gasteiger partial charge in [-0.25, -0.2) is 9.97 Å². The first-order chi connectivity index (χ1) is 19.5. The molecule has 0 bridgehead atoms. The van der Waals surface area contributed by atoms with E-state index >= 15 is 0 Å². The number of carbonyl (C=O) groups is 1. The molecular weight excluding hydrogens is 569 g/mol. The molecule has 0 N–H and O–H groups in total. The van der Waals surface area contributed by atoms with Gasteiger partial charge in [-0.2, -0.15) is 0 Å². The average molecular weight is 593 g/mol. The van der Waals surface area contributed by atoms with Gasteiger partial charge in [0.15, 0.2) is 12.3 Å². The van der Waals surface area contributed by atoms with E-state index in [0.717, 1.165) is 33.7 Å². The Bertz CT molecular complexity index is 1680. The highest BCUT2D eigenvalue weighted by molar-refractivity contribution is 6.35. The summed E-state index contributed by atoms with van der Waals surface area (Å²) < 4.78 is 7.68. The molecule has 1 aliphatic heterocycles. The van der Waals surface area contributed by atoms with Crippen LogP contribution < -0.4 is 9.64 Å². The second-order valence-electron chi connectivity index (χ2n) is 9.36. The van der Waals surface area contributed by atoms with Crippen molar-refractivity contribution in [1.82, 2.24) is 19.4 Å². The smallest absolute Gasteiger partial charge is 0.260 e. The maximum atomic E-state index is 12.9. The minimum atomic E-state index is -0.103. The number of anilines is 1. The lowest BCUT2D eigenvalue weighted by atomic mass is 10.1. The standard InChI is InChI=1S/C30H24Cl3N5O2/c31-21-10-11-26(24(33)16-21)40-18-27(39)36-12-14-37(15-13-36)29-28-22(20-6-2-1-3-7-20)17-38(30(28)35-19-34-29)25-9-5-4-8-23(25)32/h1-11,16-17,19H,12-15,18H2. The maximum absolute atomic E-state index is 12.9. The van der Waals surface area contributed by atoms with Crippen LogP contribution in [0.4, 0.5) is 5.82 Å². The molecule has 202 valence electrons. The topological polar surface area (TPSA) is 63.5 Å². The molecule has 1 fully saturated rings. The predicted octanol–water partition coefficient (Wildman–Crippen LogP) is 6.78. The molecule has 0 unspecified atom stereocenters. The molecule has 10 heteroatoms. The first kappa shape index (κ1) is 26.4. The van der Waals surface area contributed by atoms with Gasteiger partial charge in [0.1, 0.15) is 17.9 Å². The van der Waals surface area contributed by atoms with Crippen LogP contribution in [-0.4, -0.2) is 58.1 Å². The third-order valence-corrected chi connectivity index (χ3v) is 7.79. The fraction of sp³-hybridized carbons (Fsp3) is 0.167. The maximum Gasteiger partial charge on any atom is 0.260 e. The van der Waals surface area contributed by atoms with Crippen LogP contribution in [0.3, 0.4) is 0 Å². The number of aromatic nitrogens is 3. The van der Waals surface area contributed by atoms with Crippen LogP contribution in [0.1, 0.15) is 0 Å². The van der Waals surface area contributed by atoms with Crippen molar-refractivity contribution in [3.8, 4) is 22.6 Å². The monoisotopic (exact) mass is 591 g/mol. The second-order valence-corrected chi connectivity index (χ2v) is 10.6. The Balaban J connectivity index is 1.27. The van der Waals surface area contributed by atoms with Crippen molar-refractivity contribution in [3.05, 3.63) is 100 Å². The Morgan fingerprint density at radius 2 is 1.60 bits per heavy atom. The minimum absolute atomic E-state index is 0.0993. The van der Waals surface area contributed by atoms with Gasteiger partial charge in [0.05, 0.1) is 21.1 Å². The summed E-state index contributed by atoms with van der Waals surface area (Å²) in [6.07, 6.45) is 3.65. The third-order valence-electron chi connectivity index (χ3n) is 6.94. The molecule has 0 saturated carbocycles. The predicted molar refractivity (Wildman–Crippen MR) is 160 cm³/mol. The highest BCUT2D eigenvalue weighted by atomic mass is 35.5. The number of piperazine rings is 1. The highest BCUT2D eigenvalue weighted by Crippen LogP contribution is 2.38. The van der Waals surface area contributed by atoms with Crippen LogP contribution in [-0.2, 0) is 4.79 Å². The fourth-order valence-corrected chi connectivity index (χ4v) is 5.63. The number of halogens is 3. The molecule has 0 spiro atoms. The third kappa shape index (κ3) is 5.20. The van der Waals surface area contributed by atoms with Crippen molar-refractivity contribution in [3.63, 3.8) is 0 Å². The molecule has 7 nitrogen and oxygen atoms in total. The van der Waals surface area contributed by atoms with E-state index in [1.165, 1.54) is 0 Å². The van der Waals surface area contributed by atoms with Crippen molar-refractivity contribution in [2.75, 3.05) is 37.7 Å². The lowest BCUT2D eigenvalue weighted by Gasteiger charge is -2.35. The summed E-state index contributed by atoms with van der Waals surface area (Å²) in [5.74, 6) is 1.15. The van der Waals surface area contributed by atoms with Gasteiger partial charge in [-0.3, -0.25) is 9.36 Å². The van der Waals surface area contributed by atoms with E-state index in [1.807, 2.05) is 47.0 Å². The van der Waals surface area contributed by atoms with Gasteiger partial charge < -0.3 is 14.5 Å². The van der Waals surface area contributed by atoms with Crippen LogP contribution in [0.5, 0.6) is 5.75 Å². The molecule has 5 aromatic rings. The van der Waals surface area contributed by atoms with Crippen molar-refractivity contribution < 1.29 is 9.53 Å². The summed E-state index contributed by atoms with van der Waals surface area (Å²) in [6, 6.07) is 22.8. The van der Waals surface area contributed by atoms with E-state index in [0.29, 0.717) is 47.0 Å². The van der Waals surface area contributed by atoms with E-state index in [1.54, 1.807) is 29.4 Å². The van der Waals surface area contributed by atoms with E-state index in [-0.39, 0.29) is 12.5 Å². The molecule has 3 heterocycles. The number of carbonyl (C=O) groups excluding carboxylic acids is 1. The first-order valence-corrected chi connectivity index (χ1v) is 13.9. The molecule has 0 radical (unpaired) electrons. The Labute approximate surface area is 246 Å². The first-order valence-electron chi connectivity index (χ1n) is 12.8.